The van der Waals surface area contributed by atoms with Crippen molar-refractivity contribution in [1.82, 2.24) is 9.97 Å². The molecule has 0 saturated heterocycles. The van der Waals surface area contributed by atoms with Crippen molar-refractivity contribution < 1.29 is 0 Å². The van der Waals surface area contributed by atoms with Gasteiger partial charge in [-0.25, -0.2) is 15.8 Å². The zero-order chi connectivity index (χ0) is 13.8. The highest BCUT2D eigenvalue weighted by Crippen LogP contribution is 2.26. The summed E-state index contributed by atoms with van der Waals surface area (Å²) in [6, 6.07) is 0.535. The number of nitrogens with two attached hydrogens (primary N) is 1. The van der Waals surface area contributed by atoms with E-state index in [9.17, 15) is 0 Å². The Balaban J connectivity index is 2.24. The minimum absolute atomic E-state index is 0.291. The second-order valence-electron chi connectivity index (χ2n) is 5.68. The molecule has 106 valence electrons. The van der Waals surface area contributed by atoms with E-state index in [2.05, 4.69) is 34.6 Å². The van der Waals surface area contributed by atoms with Gasteiger partial charge in [-0.2, -0.15) is 0 Å². The first-order valence-electron chi connectivity index (χ1n) is 7.23. The maximum atomic E-state index is 5.55. The lowest BCUT2D eigenvalue weighted by atomic mass is 9.95. The molecule has 1 aliphatic rings. The van der Waals surface area contributed by atoms with Gasteiger partial charge in [-0.15, -0.1) is 0 Å². The summed E-state index contributed by atoms with van der Waals surface area (Å²) in [5, 5.41) is 3.57. The van der Waals surface area contributed by atoms with E-state index in [0.29, 0.717) is 12.0 Å². The second-order valence-corrected chi connectivity index (χ2v) is 5.68. The SMILES string of the molecule is Cc1c(NN)nc(C(C)C)nc1NC1CCCCC1. The summed E-state index contributed by atoms with van der Waals surface area (Å²) >= 11 is 0. The third-order valence-electron chi connectivity index (χ3n) is 3.76. The third-order valence-corrected chi connectivity index (χ3v) is 3.76. The Morgan fingerprint density at radius 3 is 2.32 bits per heavy atom. The van der Waals surface area contributed by atoms with Crippen molar-refractivity contribution in [2.45, 2.75) is 64.8 Å². The predicted molar refractivity (Wildman–Crippen MR) is 79.2 cm³/mol. The largest absolute Gasteiger partial charge is 0.367 e. The third kappa shape index (κ3) is 3.35. The summed E-state index contributed by atoms with van der Waals surface area (Å²) in [5.74, 6) is 8.32. The fourth-order valence-corrected chi connectivity index (χ4v) is 2.51. The Kier molecular flexibility index (Phi) is 4.58. The maximum Gasteiger partial charge on any atom is 0.148 e. The van der Waals surface area contributed by atoms with Crippen molar-refractivity contribution in [2.24, 2.45) is 5.84 Å². The zero-order valence-electron chi connectivity index (χ0n) is 12.2. The number of nitrogen functional groups attached to an aromatic ring is 1. The first-order valence-corrected chi connectivity index (χ1v) is 7.23. The molecule has 5 nitrogen and oxygen atoms in total. The van der Waals surface area contributed by atoms with E-state index in [1.807, 2.05) is 6.92 Å². The van der Waals surface area contributed by atoms with Gasteiger partial charge in [-0.1, -0.05) is 33.1 Å². The number of hydrogen-bond acceptors (Lipinski definition) is 5. The predicted octanol–water partition coefficient (Wildman–Crippen LogP) is 2.94. The van der Waals surface area contributed by atoms with Crippen molar-refractivity contribution in [2.75, 3.05) is 10.7 Å². The van der Waals surface area contributed by atoms with Gasteiger partial charge in [-0.3, -0.25) is 0 Å². The van der Waals surface area contributed by atoms with E-state index in [1.165, 1.54) is 32.1 Å². The van der Waals surface area contributed by atoms with Crippen LogP contribution < -0.4 is 16.6 Å². The Labute approximate surface area is 115 Å². The van der Waals surface area contributed by atoms with E-state index in [1.54, 1.807) is 0 Å². The zero-order valence-corrected chi connectivity index (χ0v) is 12.2. The average Bonchev–Trinajstić information content (AvgIpc) is 2.42. The van der Waals surface area contributed by atoms with E-state index in [0.717, 1.165) is 23.0 Å². The van der Waals surface area contributed by atoms with E-state index >= 15 is 0 Å². The lowest BCUT2D eigenvalue weighted by molar-refractivity contribution is 0.461. The van der Waals surface area contributed by atoms with Crippen LogP contribution in [0, 0.1) is 6.92 Å². The van der Waals surface area contributed by atoms with Gasteiger partial charge in [-0.05, 0) is 19.8 Å². The topological polar surface area (TPSA) is 75.9 Å². The normalized spacial score (nSPS) is 16.7. The molecule has 0 atom stereocenters. The van der Waals surface area contributed by atoms with Crippen LogP contribution in [0.25, 0.3) is 0 Å². The van der Waals surface area contributed by atoms with Crippen molar-refractivity contribution in [3.63, 3.8) is 0 Å². The van der Waals surface area contributed by atoms with Crippen LogP contribution in [-0.4, -0.2) is 16.0 Å². The van der Waals surface area contributed by atoms with Crippen molar-refractivity contribution in [3.8, 4) is 0 Å². The van der Waals surface area contributed by atoms with Gasteiger partial charge in [0, 0.05) is 17.5 Å². The fraction of sp³-hybridized carbons (Fsp3) is 0.714. The molecule has 1 aromatic heterocycles. The highest BCUT2D eigenvalue weighted by molar-refractivity contribution is 5.57. The molecule has 0 amide bonds. The summed E-state index contributed by atoms with van der Waals surface area (Å²) in [7, 11) is 0. The molecule has 1 heterocycles. The van der Waals surface area contributed by atoms with Crippen LogP contribution in [0.5, 0.6) is 0 Å². The first-order chi connectivity index (χ1) is 9.11. The number of hydrazine groups is 1. The molecule has 0 unspecified atom stereocenters. The number of nitrogens with one attached hydrogen (secondary N) is 2. The molecule has 0 aliphatic heterocycles. The van der Waals surface area contributed by atoms with Crippen LogP contribution >= 0.6 is 0 Å². The van der Waals surface area contributed by atoms with Crippen LogP contribution in [0.15, 0.2) is 0 Å². The summed E-state index contributed by atoms with van der Waals surface area (Å²) in [6.45, 7) is 6.19. The molecule has 5 heteroatoms. The average molecular weight is 263 g/mol. The minimum atomic E-state index is 0.291. The fourth-order valence-electron chi connectivity index (χ4n) is 2.51. The summed E-state index contributed by atoms with van der Waals surface area (Å²) in [6.07, 6.45) is 6.42. The number of hydrogen-bond donors (Lipinski definition) is 3. The lowest BCUT2D eigenvalue weighted by Gasteiger charge is -2.25. The van der Waals surface area contributed by atoms with Gasteiger partial charge >= 0.3 is 0 Å². The van der Waals surface area contributed by atoms with E-state index in [4.69, 9.17) is 5.84 Å². The monoisotopic (exact) mass is 263 g/mol. The molecule has 4 N–H and O–H groups in total. The van der Waals surface area contributed by atoms with Gasteiger partial charge in [0.15, 0.2) is 0 Å². The molecule has 1 fully saturated rings. The van der Waals surface area contributed by atoms with Crippen LogP contribution in [-0.2, 0) is 0 Å². The Hall–Kier alpha value is -1.36. The molecular formula is C14H25N5. The summed E-state index contributed by atoms with van der Waals surface area (Å²) < 4.78 is 0. The number of rotatable bonds is 4. The van der Waals surface area contributed by atoms with Crippen LogP contribution in [0.3, 0.4) is 0 Å². The van der Waals surface area contributed by atoms with Crippen LogP contribution in [0.4, 0.5) is 11.6 Å². The standard InChI is InChI=1S/C14H25N5/c1-9(2)12-17-13(10(3)14(18-12)19-15)16-11-7-5-4-6-8-11/h9,11H,4-8,15H2,1-3H3,(H2,16,17,18,19). The second kappa shape index (κ2) is 6.19. The molecule has 0 spiro atoms. The van der Waals surface area contributed by atoms with E-state index < -0.39 is 0 Å². The van der Waals surface area contributed by atoms with Crippen molar-refractivity contribution in [3.05, 3.63) is 11.4 Å². The van der Waals surface area contributed by atoms with Gasteiger partial charge in [0.25, 0.3) is 0 Å². The van der Waals surface area contributed by atoms with Crippen LogP contribution in [0.1, 0.15) is 63.3 Å². The number of aromatic nitrogens is 2. The molecule has 0 bridgehead atoms. The number of anilines is 2. The lowest BCUT2D eigenvalue weighted by Crippen LogP contribution is -2.24. The highest BCUT2D eigenvalue weighted by atomic mass is 15.3. The summed E-state index contributed by atoms with van der Waals surface area (Å²) in [5.41, 5.74) is 3.67. The Bertz CT molecular complexity index is 424. The molecule has 19 heavy (non-hydrogen) atoms. The van der Waals surface area contributed by atoms with Crippen molar-refractivity contribution >= 4 is 11.6 Å². The Morgan fingerprint density at radius 1 is 1.11 bits per heavy atom. The van der Waals surface area contributed by atoms with Gasteiger partial charge < -0.3 is 10.7 Å². The maximum absolute atomic E-state index is 5.55. The molecule has 0 radical (unpaired) electrons. The van der Waals surface area contributed by atoms with Crippen molar-refractivity contribution in [1.29, 1.82) is 0 Å². The quantitative estimate of drug-likeness (QED) is 0.575. The molecule has 1 aromatic rings. The van der Waals surface area contributed by atoms with Crippen LogP contribution in [0.2, 0.25) is 0 Å². The van der Waals surface area contributed by atoms with Gasteiger partial charge in [0.2, 0.25) is 0 Å². The van der Waals surface area contributed by atoms with E-state index in [-0.39, 0.29) is 0 Å². The molecule has 2 rings (SSSR count). The smallest absolute Gasteiger partial charge is 0.148 e. The highest BCUT2D eigenvalue weighted by Gasteiger charge is 2.17. The minimum Gasteiger partial charge on any atom is -0.367 e. The van der Waals surface area contributed by atoms with Gasteiger partial charge in [0.05, 0.1) is 0 Å². The first kappa shape index (κ1) is 14.1. The van der Waals surface area contributed by atoms with Gasteiger partial charge in [0.1, 0.15) is 17.5 Å². The molecule has 0 aromatic carbocycles. The number of nitrogens with zero attached hydrogens (tertiary/aromatic N) is 2. The Morgan fingerprint density at radius 2 is 1.74 bits per heavy atom. The molecular weight excluding hydrogens is 238 g/mol. The molecule has 1 aliphatic carbocycles. The summed E-state index contributed by atoms with van der Waals surface area (Å²) in [4.78, 5) is 9.11. The molecule has 1 saturated carbocycles.